The molecule has 0 aromatic carbocycles. The molecular weight excluding hydrogens is 206 g/mol. The number of rotatable bonds is 3. The van der Waals surface area contributed by atoms with Crippen LogP contribution in [0.5, 0.6) is 0 Å². The summed E-state index contributed by atoms with van der Waals surface area (Å²) in [7, 11) is 0. The minimum atomic E-state index is -0.0268. The van der Waals surface area contributed by atoms with Gasteiger partial charge >= 0.3 is 0 Å². The average molecular weight is 216 g/mol. The number of nitrogens with one attached hydrogen (secondary N) is 1. The molecule has 0 fully saturated rings. The average Bonchev–Trinajstić information content (AvgIpc) is 2.45. The fourth-order valence-electron chi connectivity index (χ4n) is 0.810. The molecule has 70 valence electrons. The monoisotopic (exact) mass is 215 g/mol. The molecule has 1 amide bonds. The molecule has 0 spiro atoms. The van der Waals surface area contributed by atoms with Gasteiger partial charge in [-0.05, 0) is 11.4 Å². The van der Waals surface area contributed by atoms with E-state index in [0.29, 0.717) is 6.54 Å². The topological polar surface area (TPSA) is 29.1 Å². The van der Waals surface area contributed by atoms with Crippen molar-refractivity contribution in [3.8, 4) is 0 Å². The molecular formula is C9H10ClNOS. The first-order chi connectivity index (χ1) is 6.20. The van der Waals surface area contributed by atoms with Gasteiger partial charge in [0.05, 0.1) is 0 Å². The van der Waals surface area contributed by atoms with Gasteiger partial charge in [-0.1, -0.05) is 23.8 Å². The number of halogens is 1. The standard InChI is InChI=1S/C9H10ClNOS/c1-7(12)11-5-2-3-8-4-6-13-9(8)10/h2-4,6H,5H2,1H3,(H,11,12). The lowest BCUT2D eigenvalue weighted by atomic mass is 10.3. The van der Waals surface area contributed by atoms with E-state index in [-0.39, 0.29) is 5.91 Å². The van der Waals surface area contributed by atoms with E-state index in [0.717, 1.165) is 9.90 Å². The lowest BCUT2D eigenvalue weighted by Gasteiger charge is -1.93. The van der Waals surface area contributed by atoms with Crippen LogP contribution in [0.25, 0.3) is 6.08 Å². The van der Waals surface area contributed by atoms with Gasteiger partial charge in [0.25, 0.3) is 0 Å². The number of amides is 1. The van der Waals surface area contributed by atoms with E-state index in [1.165, 1.54) is 18.3 Å². The Hall–Kier alpha value is -0.800. The summed E-state index contributed by atoms with van der Waals surface area (Å²) in [4.78, 5) is 10.5. The molecule has 13 heavy (non-hydrogen) atoms. The Balaban J connectivity index is 2.41. The summed E-state index contributed by atoms with van der Waals surface area (Å²) in [5.74, 6) is -0.0268. The van der Waals surface area contributed by atoms with Crippen LogP contribution in [0.3, 0.4) is 0 Å². The third-order valence-corrected chi connectivity index (χ3v) is 2.61. The molecule has 0 unspecified atom stereocenters. The van der Waals surface area contributed by atoms with Gasteiger partial charge in [-0.15, -0.1) is 11.3 Å². The quantitative estimate of drug-likeness (QED) is 0.825. The fourth-order valence-corrected chi connectivity index (χ4v) is 1.70. The van der Waals surface area contributed by atoms with Gasteiger partial charge in [0.2, 0.25) is 5.91 Å². The molecule has 1 rings (SSSR count). The maximum Gasteiger partial charge on any atom is 0.217 e. The lowest BCUT2D eigenvalue weighted by molar-refractivity contribution is -0.118. The highest BCUT2D eigenvalue weighted by atomic mass is 35.5. The molecule has 1 aromatic heterocycles. The highest BCUT2D eigenvalue weighted by Crippen LogP contribution is 2.23. The second-order valence-corrected chi connectivity index (χ2v) is 4.01. The van der Waals surface area contributed by atoms with Crippen LogP contribution in [0.2, 0.25) is 4.34 Å². The third kappa shape index (κ3) is 3.61. The molecule has 1 N–H and O–H groups in total. The molecule has 0 saturated carbocycles. The predicted octanol–water partition coefficient (Wildman–Crippen LogP) is 2.55. The van der Waals surface area contributed by atoms with E-state index < -0.39 is 0 Å². The summed E-state index contributed by atoms with van der Waals surface area (Å²) in [6.45, 7) is 2.03. The zero-order valence-corrected chi connectivity index (χ0v) is 8.78. The summed E-state index contributed by atoms with van der Waals surface area (Å²) in [5, 5.41) is 4.59. The molecule has 0 aliphatic heterocycles. The number of carbonyl (C=O) groups excluding carboxylic acids is 1. The van der Waals surface area contributed by atoms with Crippen LogP contribution in [0, 0.1) is 0 Å². The highest BCUT2D eigenvalue weighted by Gasteiger charge is 1.95. The van der Waals surface area contributed by atoms with E-state index in [1.807, 2.05) is 23.6 Å². The van der Waals surface area contributed by atoms with E-state index in [9.17, 15) is 4.79 Å². The molecule has 0 bridgehead atoms. The van der Waals surface area contributed by atoms with Crippen LogP contribution in [0.4, 0.5) is 0 Å². The minimum absolute atomic E-state index is 0.0268. The largest absolute Gasteiger partial charge is 0.353 e. The Morgan fingerprint density at radius 2 is 2.54 bits per heavy atom. The van der Waals surface area contributed by atoms with Crippen LogP contribution < -0.4 is 5.32 Å². The summed E-state index contributed by atoms with van der Waals surface area (Å²) >= 11 is 7.36. The van der Waals surface area contributed by atoms with E-state index in [1.54, 1.807) is 0 Å². The van der Waals surface area contributed by atoms with Gasteiger partial charge in [-0.25, -0.2) is 0 Å². The maximum atomic E-state index is 10.5. The summed E-state index contributed by atoms with van der Waals surface area (Å²) < 4.78 is 0.777. The predicted molar refractivity (Wildman–Crippen MR) is 57.0 cm³/mol. The van der Waals surface area contributed by atoms with Gasteiger partial charge in [-0.3, -0.25) is 4.79 Å². The normalized spacial score (nSPS) is 10.6. The van der Waals surface area contributed by atoms with Gasteiger partial charge in [-0.2, -0.15) is 0 Å². The Bertz CT molecular complexity index is 319. The van der Waals surface area contributed by atoms with Crippen LogP contribution >= 0.6 is 22.9 Å². The lowest BCUT2D eigenvalue weighted by Crippen LogP contribution is -2.19. The SMILES string of the molecule is CC(=O)NCC=Cc1ccsc1Cl. The smallest absolute Gasteiger partial charge is 0.217 e. The number of carbonyl (C=O) groups is 1. The molecule has 1 aromatic rings. The molecule has 1 heterocycles. The maximum absolute atomic E-state index is 10.5. The van der Waals surface area contributed by atoms with E-state index in [4.69, 9.17) is 11.6 Å². The van der Waals surface area contributed by atoms with Crippen molar-refractivity contribution in [3.05, 3.63) is 27.4 Å². The summed E-state index contributed by atoms with van der Waals surface area (Å²) in [6, 6.07) is 1.94. The Kier molecular flexibility index (Phi) is 3.99. The Labute approximate surface area is 86.2 Å². The van der Waals surface area contributed by atoms with Gasteiger partial charge in [0.15, 0.2) is 0 Å². The second-order valence-electron chi connectivity index (χ2n) is 2.49. The first-order valence-corrected chi connectivity index (χ1v) is 5.10. The van der Waals surface area contributed by atoms with Crippen LogP contribution in [-0.2, 0) is 4.79 Å². The van der Waals surface area contributed by atoms with Crippen LogP contribution in [0.1, 0.15) is 12.5 Å². The molecule has 0 radical (unpaired) electrons. The van der Waals surface area contributed by atoms with Crippen molar-refractivity contribution in [1.29, 1.82) is 0 Å². The highest BCUT2D eigenvalue weighted by molar-refractivity contribution is 7.14. The second kappa shape index (κ2) is 5.04. The zero-order valence-electron chi connectivity index (χ0n) is 7.21. The van der Waals surface area contributed by atoms with E-state index in [2.05, 4.69) is 5.32 Å². The van der Waals surface area contributed by atoms with Crippen molar-refractivity contribution in [2.75, 3.05) is 6.54 Å². The van der Waals surface area contributed by atoms with Gasteiger partial charge < -0.3 is 5.32 Å². The number of hydrogen-bond acceptors (Lipinski definition) is 2. The number of hydrogen-bond donors (Lipinski definition) is 1. The first-order valence-electron chi connectivity index (χ1n) is 3.84. The first kappa shape index (κ1) is 10.3. The molecule has 0 atom stereocenters. The minimum Gasteiger partial charge on any atom is -0.353 e. The molecule has 0 aliphatic carbocycles. The molecule has 4 heteroatoms. The fraction of sp³-hybridized carbons (Fsp3) is 0.222. The molecule has 0 aliphatic rings. The van der Waals surface area contributed by atoms with Crippen molar-refractivity contribution in [2.24, 2.45) is 0 Å². The Morgan fingerprint density at radius 3 is 3.08 bits per heavy atom. The van der Waals surface area contributed by atoms with Crippen LogP contribution in [-0.4, -0.2) is 12.5 Å². The van der Waals surface area contributed by atoms with Crippen molar-refractivity contribution in [2.45, 2.75) is 6.92 Å². The molecule has 2 nitrogen and oxygen atoms in total. The van der Waals surface area contributed by atoms with Gasteiger partial charge in [0.1, 0.15) is 4.34 Å². The van der Waals surface area contributed by atoms with Crippen molar-refractivity contribution in [3.63, 3.8) is 0 Å². The summed E-state index contributed by atoms with van der Waals surface area (Å²) in [5.41, 5.74) is 0.997. The van der Waals surface area contributed by atoms with Crippen molar-refractivity contribution < 1.29 is 4.79 Å². The van der Waals surface area contributed by atoms with Gasteiger partial charge in [0, 0.05) is 19.0 Å². The van der Waals surface area contributed by atoms with Crippen LogP contribution in [0.15, 0.2) is 17.5 Å². The molecule has 0 saturated heterocycles. The Morgan fingerprint density at radius 1 is 1.77 bits per heavy atom. The number of thiophene rings is 1. The zero-order chi connectivity index (χ0) is 9.68. The summed E-state index contributed by atoms with van der Waals surface area (Å²) in [6.07, 6.45) is 3.77. The van der Waals surface area contributed by atoms with Crippen molar-refractivity contribution in [1.82, 2.24) is 5.32 Å². The van der Waals surface area contributed by atoms with Crippen molar-refractivity contribution >= 4 is 34.9 Å². The third-order valence-electron chi connectivity index (χ3n) is 1.41. The van der Waals surface area contributed by atoms with E-state index >= 15 is 0 Å².